The summed E-state index contributed by atoms with van der Waals surface area (Å²) in [5, 5.41) is 9.45. The molecule has 108 valence electrons. The topological polar surface area (TPSA) is 60.9 Å². The second kappa shape index (κ2) is 5.71. The zero-order valence-corrected chi connectivity index (χ0v) is 12.2. The molecule has 1 aromatic carbocycles. The van der Waals surface area contributed by atoms with Crippen molar-refractivity contribution in [3.8, 4) is 0 Å². The molecule has 2 amide bonds. The summed E-state index contributed by atoms with van der Waals surface area (Å²) >= 11 is 5.95. The Labute approximate surface area is 122 Å². The molecule has 0 bridgehead atoms. The van der Waals surface area contributed by atoms with Crippen molar-refractivity contribution in [2.24, 2.45) is 5.92 Å². The van der Waals surface area contributed by atoms with Gasteiger partial charge in [-0.25, -0.2) is 4.79 Å². The fourth-order valence-corrected chi connectivity index (χ4v) is 2.37. The van der Waals surface area contributed by atoms with E-state index >= 15 is 0 Å². The Morgan fingerprint density at radius 1 is 1.45 bits per heavy atom. The molecule has 6 heteroatoms. The number of aliphatic carboxylic acids is 1. The number of likely N-dealkylation sites (tertiary alicyclic amines) is 1. The van der Waals surface area contributed by atoms with E-state index in [4.69, 9.17) is 16.7 Å². The number of halogens is 1. The van der Waals surface area contributed by atoms with Crippen LogP contribution in [0.3, 0.4) is 0 Å². The molecule has 0 spiro atoms. The molecule has 0 aliphatic carbocycles. The van der Waals surface area contributed by atoms with Crippen molar-refractivity contribution in [3.63, 3.8) is 0 Å². The first kappa shape index (κ1) is 14.7. The van der Waals surface area contributed by atoms with Crippen LogP contribution in [-0.4, -0.2) is 47.0 Å². The van der Waals surface area contributed by atoms with E-state index < -0.39 is 11.9 Å². The van der Waals surface area contributed by atoms with Gasteiger partial charge in [-0.1, -0.05) is 23.7 Å². The fourth-order valence-electron chi connectivity index (χ4n) is 2.17. The highest BCUT2D eigenvalue weighted by molar-refractivity contribution is 6.30. The van der Waals surface area contributed by atoms with Crippen molar-refractivity contribution >= 4 is 23.6 Å². The summed E-state index contributed by atoms with van der Waals surface area (Å²) in [6.45, 7) is 2.47. The minimum atomic E-state index is -0.848. The number of urea groups is 1. The van der Waals surface area contributed by atoms with Crippen molar-refractivity contribution in [1.29, 1.82) is 0 Å². The summed E-state index contributed by atoms with van der Waals surface area (Å²) in [5.74, 6) is -1.28. The first-order valence-electron chi connectivity index (χ1n) is 6.40. The number of carboxylic acid groups (broad SMARTS) is 1. The van der Waals surface area contributed by atoms with E-state index in [1.54, 1.807) is 22.9 Å². The summed E-state index contributed by atoms with van der Waals surface area (Å²) < 4.78 is 0. The lowest BCUT2D eigenvalue weighted by Gasteiger charge is -2.40. The van der Waals surface area contributed by atoms with Gasteiger partial charge in [0, 0.05) is 25.2 Å². The Hall–Kier alpha value is -1.75. The van der Waals surface area contributed by atoms with Gasteiger partial charge in [0.2, 0.25) is 0 Å². The number of carbonyl (C=O) groups is 2. The quantitative estimate of drug-likeness (QED) is 0.932. The molecule has 20 heavy (non-hydrogen) atoms. The number of carboxylic acids is 1. The maximum atomic E-state index is 12.2. The Balaban J connectivity index is 1.99. The number of hydrogen-bond acceptors (Lipinski definition) is 2. The van der Waals surface area contributed by atoms with Crippen molar-refractivity contribution in [2.75, 3.05) is 20.1 Å². The zero-order chi connectivity index (χ0) is 14.9. The predicted molar refractivity (Wildman–Crippen MR) is 75.7 cm³/mol. The van der Waals surface area contributed by atoms with E-state index in [1.807, 2.05) is 25.1 Å². The molecule has 0 saturated carbocycles. The molecule has 5 nitrogen and oxygen atoms in total. The van der Waals surface area contributed by atoms with Crippen LogP contribution in [0.1, 0.15) is 18.5 Å². The average molecular weight is 297 g/mol. The third-order valence-electron chi connectivity index (χ3n) is 3.72. The van der Waals surface area contributed by atoms with Crippen LogP contribution in [0.15, 0.2) is 24.3 Å². The lowest BCUT2D eigenvalue weighted by Crippen LogP contribution is -2.56. The van der Waals surface area contributed by atoms with Gasteiger partial charge in [-0.05, 0) is 24.6 Å². The molecule has 1 aromatic rings. The van der Waals surface area contributed by atoms with Crippen LogP contribution in [0.25, 0.3) is 0 Å². The molecule has 1 unspecified atom stereocenters. The molecule has 0 aromatic heterocycles. The second-order valence-corrected chi connectivity index (χ2v) is 5.50. The van der Waals surface area contributed by atoms with Gasteiger partial charge in [-0.2, -0.15) is 0 Å². The van der Waals surface area contributed by atoms with Gasteiger partial charge < -0.3 is 14.9 Å². The highest BCUT2D eigenvalue weighted by atomic mass is 35.5. The molecule has 1 heterocycles. The molecule has 1 aliphatic rings. The molecule has 1 aliphatic heterocycles. The standard InChI is InChI=1S/C14H17ClN2O3/c1-9(10-4-3-5-12(15)6-10)16(2)14(20)17-7-11(8-17)13(18)19/h3-6,9,11H,7-8H2,1-2H3,(H,18,19). The smallest absolute Gasteiger partial charge is 0.320 e. The summed E-state index contributed by atoms with van der Waals surface area (Å²) in [5.41, 5.74) is 0.948. The third-order valence-corrected chi connectivity index (χ3v) is 3.95. The largest absolute Gasteiger partial charge is 0.481 e. The Bertz CT molecular complexity index is 529. The fraction of sp³-hybridized carbons (Fsp3) is 0.429. The minimum Gasteiger partial charge on any atom is -0.481 e. The lowest BCUT2D eigenvalue weighted by molar-refractivity contribution is -0.146. The first-order chi connectivity index (χ1) is 9.40. The maximum Gasteiger partial charge on any atom is 0.320 e. The highest BCUT2D eigenvalue weighted by Crippen LogP contribution is 2.25. The van der Waals surface area contributed by atoms with E-state index in [2.05, 4.69) is 0 Å². The molecule has 2 rings (SSSR count). The van der Waals surface area contributed by atoms with Gasteiger partial charge in [-0.15, -0.1) is 0 Å². The molecule has 1 atom stereocenters. The molecule has 1 saturated heterocycles. The maximum absolute atomic E-state index is 12.2. The number of benzene rings is 1. The summed E-state index contributed by atoms with van der Waals surface area (Å²) in [6, 6.07) is 7.09. The van der Waals surface area contributed by atoms with Gasteiger partial charge in [0.05, 0.1) is 12.0 Å². The van der Waals surface area contributed by atoms with Crippen LogP contribution in [0, 0.1) is 5.92 Å². The van der Waals surface area contributed by atoms with Crippen LogP contribution in [0.2, 0.25) is 5.02 Å². The molecular formula is C14H17ClN2O3. The van der Waals surface area contributed by atoms with Crippen LogP contribution >= 0.6 is 11.6 Å². The number of carbonyl (C=O) groups excluding carboxylic acids is 1. The van der Waals surface area contributed by atoms with Crippen molar-refractivity contribution in [3.05, 3.63) is 34.9 Å². The zero-order valence-electron chi connectivity index (χ0n) is 11.4. The summed E-state index contributed by atoms with van der Waals surface area (Å²) in [4.78, 5) is 26.1. The molecule has 0 radical (unpaired) electrons. The average Bonchev–Trinajstić information content (AvgIpc) is 2.34. The van der Waals surface area contributed by atoms with E-state index in [0.717, 1.165) is 5.56 Å². The first-order valence-corrected chi connectivity index (χ1v) is 6.78. The Morgan fingerprint density at radius 2 is 2.10 bits per heavy atom. The highest BCUT2D eigenvalue weighted by Gasteiger charge is 2.37. The van der Waals surface area contributed by atoms with Crippen LogP contribution in [0.4, 0.5) is 4.79 Å². The lowest BCUT2D eigenvalue weighted by atomic mass is 10.0. The monoisotopic (exact) mass is 296 g/mol. The summed E-state index contributed by atoms with van der Waals surface area (Å²) in [7, 11) is 1.71. The van der Waals surface area contributed by atoms with Crippen molar-refractivity contribution in [2.45, 2.75) is 13.0 Å². The number of rotatable bonds is 3. The molecular weight excluding hydrogens is 280 g/mol. The SMILES string of the molecule is CC(c1cccc(Cl)c1)N(C)C(=O)N1CC(C(=O)O)C1. The van der Waals surface area contributed by atoms with Crippen molar-refractivity contribution in [1.82, 2.24) is 9.80 Å². The normalized spacial score (nSPS) is 16.4. The molecule has 1 N–H and O–H groups in total. The minimum absolute atomic E-state index is 0.120. The summed E-state index contributed by atoms with van der Waals surface area (Å²) in [6.07, 6.45) is 0. The predicted octanol–water partition coefficient (Wildman–Crippen LogP) is 2.47. The van der Waals surface area contributed by atoms with Gasteiger partial charge in [0.1, 0.15) is 0 Å². The molecule has 1 fully saturated rings. The van der Waals surface area contributed by atoms with E-state index in [0.29, 0.717) is 5.02 Å². The van der Waals surface area contributed by atoms with E-state index in [1.165, 1.54) is 0 Å². The van der Waals surface area contributed by atoms with E-state index in [-0.39, 0.29) is 25.2 Å². The van der Waals surface area contributed by atoms with Gasteiger partial charge in [0.15, 0.2) is 0 Å². The van der Waals surface area contributed by atoms with E-state index in [9.17, 15) is 9.59 Å². The Kier molecular flexibility index (Phi) is 4.18. The van der Waals surface area contributed by atoms with Crippen LogP contribution in [-0.2, 0) is 4.79 Å². The van der Waals surface area contributed by atoms with Gasteiger partial charge in [-0.3, -0.25) is 4.79 Å². The number of hydrogen-bond donors (Lipinski definition) is 1. The Morgan fingerprint density at radius 3 is 2.65 bits per heavy atom. The van der Waals surface area contributed by atoms with Crippen LogP contribution in [0.5, 0.6) is 0 Å². The third kappa shape index (κ3) is 2.88. The number of amides is 2. The number of nitrogens with zero attached hydrogens (tertiary/aromatic N) is 2. The van der Waals surface area contributed by atoms with Crippen LogP contribution < -0.4 is 0 Å². The van der Waals surface area contributed by atoms with Gasteiger partial charge >= 0.3 is 12.0 Å². The van der Waals surface area contributed by atoms with Crippen molar-refractivity contribution < 1.29 is 14.7 Å². The second-order valence-electron chi connectivity index (χ2n) is 5.06. The van der Waals surface area contributed by atoms with Gasteiger partial charge in [0.25, 0.3) is 0 Å².